The van der Waals surface area contributed by atoms with Crippen LogP contribution in [0.25, 0.3) is 27.7 Å². The molecule has 0 aliphatic heterocycles. The number of fused-ring (bicyclic) bond motifs is 2. The number of rotatable bonds is 8. The van der Waals surface area contributed by atoms with Crippen LogP contribution in [0.5, 0.6) is 5.75 Å². The molecule has 2 radical (unpaired) electrons. The lowest BCUT2D eigenvalue weighted by molar-refractivity contribution is -0.120. The lowest BCUT2D eigenvalue weighted by Gasteiger charge is -2.12. The summed E-state index contributed by atoms with van der Waals surface area (Å²) in [6.45, 7) is 0.992. The lowest BCUT2D eigenvalue weighted by Crippen LogP contribution is -2.24. The summed E-state index contributed by atoms with van der Waals surface area (Å²) in [6, 6.07) is 31.1. The lowest BCUT2D eigenvalue weighted by atomic mass is 10.0. The summed E-state index contributed by atoms with van der Waals surface area (Å²) >= 11 is 0. The van der Waals surface area contributed by atoms with Gasteiger partial charge in [0, 0.05) is 30.9 Å². The third-order valence-electron chi connectivity index (χ3n) is 6.90. The number of hydrogen-bond acceptors (Lipinski definition) is 5. The van der Waals surface area contributed by atoms with Gasteiger partial charge in [0.15, 0.2) is 5.65 Å². The summed E-state index contributed by atoms with van der Waals surface area (Å²) in [4.78, 5) is 17.3. The monoisotopic (exact) mass is 523 g/mol. The van der Waals surface area contributed by atoms with Gasteiger partial charge in [-0.3, -0.25) is 4.79 Å². The second-order valence-electron chi connectivity index (χ2n) is 9.64. The van der Waals surface area contributed by atoms with Gasteiger partial charge in [0.1, 0.15) is 19.4 Å². The SMILES string of the molecule is [B]c1cnn2c(NCc3ccc(CNC(=O)Cc4cccc5ccccc45)cc3)cc(-c3ccccc3O)nc12. The van der Waals surface area contributed by atoms with Gasteiger partial charge >= 0.3 is 0 Å². The Balaban J connectivity index is 1.11. The minimum Gasteiger partial charge on any atom is -0.507 e. The second-order valence-corrected chi connectivity index (χ2v) is 9.64. The van der Waals surface area contributed by atoms with Crippen molar-refractivity contribution in [3.8, 4) is 17.0 Å². The van der Waals surface area contributed by atoms with Crippen molar-refractivity contribution in [2.24, 2.45) is 0 Å². The zero-order valence-electron chi connectivity index (χ0n) is 21.7. The Morgan fingerprint density at radius 1 is 0.875 bits per heavy atom. The number of para-hydroxylation sites is 1. The molecule has 6 aromatic rings. The van der Waals surface area contributed by atoms with E-state index in [2.05, 4.69) is 38.9 Å². The van der Waals surface area contributed by atoms with Crippen molar-refractivity contribution in [2.75, 3.05) is 5.32 Å². The number of nitrogens with zero attached hydrogens (tertiary/aromatic N) is 3. The van der Waals surface area contributed by atoms with Gasteiger partial charge < -0.3 is 15.7 Å². The molecule has 2 aromatic heterocycles. The molecule has 0 saturated heterocycles. The molecule has 2 heterocycles. The summed E-state index contributed by atoms with van der Waals surface area (Å²) in [5.41, 5.74) is 5.26. The van der Waals surface area contributed by atoms with E-state index < -0.39 is 0 Å². The molecule has 8 heteroatoms. The van der Waals surface area contributed by atoms with Crippen molar-refractivity contribution in [1.82, 2.24) is 19.9 Å². The average Bonchev–Trinajstić information content (AvgIpc) is 3.36. The Kier molecular flexibility index (Phi) is 6.89. The molecule has 0 unspecified atom stereocenters. The van der Waals surface area contributed by atoms with Crippen LogP contribution in [0.3, 0.4) is 0 Å². The van der Waals surface area contributed by atoms with Crippen molar-refractivity contribution in [3.05, 3.63) is 120 Å². The number of aromatic hydroxyl groups is 1. The third kappa shape index (κ3) is 5.24. The molecule has 0 fully saturated rings. The molecule has 194 valence electrons. The Morgan fingerprint density at radius 2 is 1.60 bits per heavy atom. The van der Waals surface area contributed by atoms with Crippen LogP contribution in [0, 0.1) is 0 Å². The summed E-state index contributed by atoms with van der Waals surface area (Å²) < 4.78 is 1.65. The van der Waals surface area contributed by atoms with Gasteiger partial charge in [-0.25, -0.2) is 4.98 Å². The third-order valence-corrected chi connectivity index (χ3v) is 6.90. The van der Waals surface area contributed by atoms with E-state index in [0.29, 0.717) is 47.7 Å². The van der Waals surface area contributed by atoms with Gasteiger partial charge in [-0.2, -0.15) is 9.61 Å². The van der Waals surface area contributed by atoms with Crippen molar-refractivity contribution in [2.45, 2.75) is 19.5 Å². The minimum absolute atomic E-state index is 0.0115. The van der Waals surface area contributed by atoms with Gasteiger partial charge in [0.2, 0.25) is 5.91 Å². The van der Waals surface area contributed by atoms with E-state index in [-0.39, 0.29) is 11.7 Å². The van der Waals surface area contributed by atoms with E-state index in [1.807, 2.05) is 66.7 Å². The molecule has 0 atom stereocenters. The summed E-state index contributed by atoms with van der Waals surface area (Å²) in [5.74, 6) is 0.829. The molecule has 0 aliphatic carbocycles. The highest BCUT2D eigenvalue weighted by Gasteiger charge is 2.13. The molecular weight excluding hydrogens is 497 g/mol. The van der Waals surface area contributed by atoms with Crippen LogP contribution in [0.1, 0.15) is 16.7 Å². The molecule has 7 nitrogen and oxygen atoms in total. The number of aromatic nitrogens is 3. The fourth-order valence-electron chi connectivity index (χ4n) is 4.78. The molecule has 0 saturated carbocycles. The fourth-order valence-corrected chi connectivity index (χ4v) is 4.78. The Hall–Kier alpha value is -5.11. The molecule has 4 aromatic carbocycles. The number of phenols is 1. The quantitative estimate of drug-likeness (QED) is 0.255. The van der Waals surface area contributed by atoms with Crippen molar-refractivity contribution >= 4 is 41.5 Å². The van der Waals surface area contributed by atoms with E-state index in [4.69, 9.17) is 7.85 Å². The van der Waals surface area contributed by atoms with Crippen molar-refractivity contribution in [1.29, 1.82) is 0 Å². The molecule has 0 bridgehead atoms. The largest absolute Gasteiger partial charge is 0.507 e. The maximum atomic E-state index is 12.7. The Bertz CT molecular complexity index is 1830. The van der Waals surface area contributed by atoms with Crippen molar-refractivity contribution in [3.63, 3.8) is 0 Å². The van der Waals surface area contributed by atoms with Crippen LogP contribution in [-0.4, -0.2) is 33.5 Å². The van der Waals surface area contributed by atoms with Crippen LogP contribution in [-0.2, 0) is 24.3 Å². The van der Waals surface area contributed by atoms with Crippen molar-refractivity contribution < 1.29 is 9.90 Å². The number of amides is 1. The first-order chi connectivity index (χ1) is 19.5. The van der Waals surface area contributed by atoms with Crippen LogP contribution < -0.4 is 16.1 Å². The predicted molar refractivity (Wildman–Crippen MR) is 159 cm³/mol. The van der Waals surface area contributed by atoms with Gasteiger partial charge in [0.25, 0.3) is 0 Å². The molecule has 40 heavy (non-hydrogen) atoms. The smallest absolute Gasteiger partial charge is 0.224 e. The molecule has 3 N–H and O–H groups in total. The van der Waals surface area contributed by atoms with Gasteiger partial charge in [0.05, 0.1) is 12.1 Å². The summed E-state index contributed by atoms with van der Waals surface area (Å²) in [7, 11) is 6.11. The number of nitrogens with one attached hydrogen (secondary N) is 2. The number of carbonyl (C=O) groups excluding carboxylic acids is 1. The second kappa shape index (κ2) is 10.9. The van der Waals surface area contributed by atoms with E-state index in [1.165, 1.54) is 0 Å². The van der Waals surface area contributed by atoms with Crippen LogP contribution in [0.2, 0.25) is 0 Å². The first-order valence-electron chi connectivity index (χ1n) is 13.0. The standard InChI is InChI=1S/C32H26BN5O2/c33-27-20-36-38-30(17-28(37-32(27)38)26-10-3-4-11-29(26)39)34-18-21-12-14-22(15-13-21)19-35-31(40)16-24-8-5-7-23-6-1-2-9-25(23)24/h1-15,17,20,34,39H,16,18-19H2,(H,35,40). The average molecular weight is 523 g/mol. The maximum absolute atomic E-state index is 12.7. The number of phenolic OH excluding ortho intramolecular Hbond substituents is 1. The molecule has 1 amide bonds. The number of carbonyl (C=O) groups is 1. The number of hydrogen-bond donors (Lipinski definition) is 3. The Labute approximate surface area is 232 Å². The topological polar surface area (TPSA) is 91.5 Å². The van der Waals surface area contributed by atoms with Gasteiger partial charge in [-0.1, -0.05) is 78.9 Å². The molecule has 6 rings (SSSR count). The molecule has 0 spiro atoms. The van der Waals surface area contributed by atoms with Gasteiger partial charge in [-0.05, 0) is 45.1 Å². The highest BCUT2D eigenvalue weighted by molar-refractivity contribution is 6.36. The summed E-state index contributed by atoms with van der Waals surface area (Å²) in [6.07, 6.45) is 1.90. The number of benzene rings is 4. The first-order valence-corrected chi connectivity index (χ1v) is 13.0. The zero-order valence-corrected chi connectivity index (χ0v) is 21.7. The minimum atomic E-state index is -0.0115. The van der Waals surface area contributed by atoms with Crippen LogP contribution in [0.4, 0.5) is 5.82 Å². The van der Waals surface area contributed by atoms with Crippen LogP contribution >= 0.6 is 0 Å². The van der Waals surface area contributed by atoms with Gasteiger partial charge in [-0.15, -0.1) is 0 Å². The predicted octanol–water partition coefficient (Wildman–Crippen LogP) is 4.52. The maximum Gasteiger partial charge on any atom is 0.224 e. The number of anilines is 1. The highest BCUT2D eigenvalue weighted by Crippen LogP contribution is 2.29. The summed E-state index contributed by atoms with van der Waals surface area (Å²) in [5, 5.41) is 23.4. The Morgan fingerprint density at radius 3 is 2.42 bits per heavy atom. The highest BCUT2D eigenvalue weighted by atomic mass is 16.3. The first kappa shape index (κ1) is 25.2. The van der Waals surface area contributed by atoms with Crippen LogP contribution in [0.15, 0.2) is 103 Å². The fraction of sp³-hybridized carbons (Fsp3) is 0.0938. The van der Waals surface area contributed by atoms with E-state index in [1.54, 1.807) is 22.8 Å². The molecule has 0 aliphatic rings. The van der Waals surface area contributed by atoms with E-state index >= 15 is 0 Å². The van der Waals surface area contributed by atoms with E-state index in [0.717, 1.165) is 27.5 Å². The normalized spacial score (nSPS) is 11.1. The molecular formula is C32H26BN5O2. The van der Waals surface area contributed by atoms with E-state index in [9.17, 15) is 9.90 Å². The zero-order chi connectivity index (χ0) is 27.5.